The monoisotopic (exact) mass is 326 g/mol. The van der Waals surface area contributed by atoms with Gasteiger partial charge in [0.05, 0.1) is 11.8 Å². The highest BCUT2D eigenvalue weighted by atomic mass is 19.1. The summed E-state index contributed by atoms with van der Waals surface area (Å²) in [7, 11) is 0. The van der Waals surface area contributed by atoms with Crippen molar-refractivity contribution < 1.29 is 23.5 Å². The topological polar surface area (TPSA) is 70.9 Å². The first-order chi connectivity index (χ1) is 10.9. The third kappa shape index (κ3) is 4.72. The van der Waals surface area contributed by atoms with Gasteiger partial charge in [0.1, 0.15) is 11.6 Å². The summed E-state index contributed by atoms with van der Waals surface area (Å²) in [6.45, 7) is 3.99. The summed E-state index contributed by atoms with van der Waals surface area (Å²) in [4.78, 5) is 17.1. The van der Waals surface area contributed by atoms with Crippen LogP contribution in [0.25, 0.3) is 0 Å². The molecule has 0 spiro atoms. The fraction of sp³-hybridized carbons (Fsp3) is 0.500. The molecule has 3 atom stereocenters. The van der Waals surface area contributed by atoms with Crippen molar-refractivity contribution in [1.82, 2.24) is 5.32 Å². The summed E-state index contributed by atoms with van der Waals surface area (Å²) in [6, 6.07) is 3.06. The second kappa shape index (κ2) is 7.50. The van der Waals surface area contributed by atoms with Crippen molar-refractivity contribution in [2.75, 3.05) is 6.54 Å². The quantitative estimate of drug-likeness (QED) is 0.840. The maximum Gasteiger partial charge on any atom is 0.264 e. The van der Waals surface area contributed by atoms with E-state index in [2.05, 4.69) is 10.5 Å². The van der Waals surface area contributed by atoms with Gasteiger partial charge in [0.25, 0.3) is 5.91 Å². The highest BCUT2D eigenvalue weighted by molar-refractivity contribution is 6.04. The molecule has 0 aromatic heterocycles. The summed E-state index contributed by atoms with van der Waals surface area (Å²) >= 11 is 0. The lowest BCUT2D eigenvalue weighted by molar-refractivity contribution is -0.131. The molecule has 1 aromatic carbocycles. The van der Waals surface area contributed by atoms with Crippen LogP contribution in [0.1, 0.15) is 32.3 Å². The highest BCUT2D eigenvalue weighted by Gasteiger charge is 2.30. The zero-order valence-corrected chi connectivity index (χ0v) is 13.1. The fourth-order valence-corrected chi connectivity index (χ4v) is 2.45. The van der Waals surface area contributed by atoms with Gasteiger partial charge < -0.3 is 15.3 Å². The Bertz CT molecular complexity index is 605. The summed E-state index contributed by atoms with van der Waals surface area (Å²) in [5.74, 6) is -1.44. The molecule has 0 aliphatic carbocycles. The van der Waals surface area contributed by atoms with Crippen LogP contribution in [0.5, 0.6) is 0 Å². The molecule has 0 fully saturated rings. The molecule has 23 heavy (non-hydrogen) atoms. The lowest BCUT2D eigenvalue weighted by Crippen LogP contribution is -2.37. The zero-order valence-electron chi connectivity index (χ0n) is 13.1. The van der Waals surface area contributed by atoms with Gasteiger partial charge in [0, 0.05) is 18.5 Å². The highest BCUT2D eigenvalue weighted by Crippen LogP contribution is 2.20. The Morgan fingerprint density at radius 2 is 2.22 bits per heavy atom. The van der Waals surface area contributed by atoms with E-state index < -0.39 is 23.8 Å². The summed E-state index contributed by atoms with van der Waals surface area (Å²) in [6.07, 6.45) is -0.638. The van der Waals surface area contributed by atoms with E-state index in [1.54, 1.807) is 6.92 Å². The van der Waals surface area contributed by atoms with E-state index in [1.807, 2.05) is 6.92 Å². The number of aliphatic hydroxyl groups excluding tert-OH is 1. The molecule has 0 radical (unpaired) electrons. The van der Waals surface area contributed by atoms with Crippen LogP contribution in [0.2, 0.25) is 0 Å². The third-order valence-corrected chi connectivity index (χ3v) is 3.57. The number of oxime groups is 1. The normalized spacial score (nSPS) is 19.7. The van der Waals surface area contributed by atoms with Crippen LogP contribution in [-0.2, 0) is 9.63 Å². The second-order valence-corrected chi connectivity index (χ2v) is 5.90. The Morgan fingerprint density at radius 3 is 2.91 bits per heavy atom. The van der Waals surface area contributed by atoms with Crippen molar-refractivity contribution in [3.63, 3.8) is 0 Å². The molecular weight excluding hydrogens is 306 g/mol. The molecular formula is C16H20F2N2O3. The number of hydrogen-bond acceptors (Lipinski definition) is 4. The fourth-order valence-electron chi connectivity index (χ4n) is 2.45. The van der Waals surface area contributed by atoms with Crippen molar-refractivity contribution in [1.29, 1.82) is 0 Å². The first-order valence-corrected chi connectivity index (χ1v) is 7.50. The molecule has 1 heterocycles. The molecule has 2 rings (SSSR count). The third-order valence-electron chi connectivity index (χ3n) is 3.57. The number of nitrogens with one attached hydrogen (secondary N) is 1. The van der Waals surface area contributed by atoms with E-state index in [1.165, 1.54) is 0 Å². The average Bonchev–Trinajstić information content (AvgIpc) is 2.96. The molecule has 7 heteroatoms. The van der Waals surface area contributed by atoms with E-state index in [4.69, 9.17) is 4.84 Å². The molecule has 0 saturated carbocycles. The van der Waals surface area contributed by atoms with Gasteiger partial charge in [0.2, 0.25) is 6.10 Å². The van der Waals surface area contributed by atoms with E-state index in [0.29, 0.717) is 13.0 Å². The van der Waals surface area contributed by atoms with Gasteiger partial charge in [-0.15, -0.1) is 0 Å². The molecule has 2 N–H and O–H groups in total. The van der Waals surface area contributed by atoms with Crippen LogP contribution in [0.3, 0.4) is 0 Å². The predicted octanol–water partition coefficient (Wildman–Crippen LogP) is 1.98. The predicted molar refractivity (Wildman–Crippen MR) is 80.9 cm³/mol. The smallest absolute Gasteiger partial charge is 0.264 e. The van der Waals surface area contributed by atoms with Crippen molar-refractivity contribution >= 4 is 11.6 Å². The van der Waals surface area contributed by atoms with Gasteiger partial charge in [-0.3, -0.25) is 4.79 Å². The van der Waals surface area contributed by atoms with E-state index in [9.17, 15) is 18.7 Å². The molecule has 3 unspecified atom stereocenters. The van der Waals surface area contributed by atoms with Gasteiger partial charge in [0.15, 0.2) is 0 Å². The average molecular weight is 326 g/mol. The zero-order chi connectivity index (χ0) is 17.0. The van der Waals surface area contributed by atoms with E-state index in [0.717, 1.165) is 18.2 Å². The van der Waals surface area contributed by atoms with Crippen LogP contribution in [0.4, 0.5) is 8.78 Å². The number of benzene rings is 1. The molecule has 1 aliphatic rings. The van der Waals surface area contributed by atoms with Crippen molar-refractivity contribution in [3.05, 3.63) is 35.4 Å². The van der Waals surface area contributed by atoms with Gasteiger partial charge in [-0.1, -0.05) is 12.1 Å². The number of rotatable bonds is 6. The maximum absolute atomic E-state index is 13.7. The number of carbonyl (C=O) groups is 1. The molecule has 5 nitrogen and oxygen atoms in total. The maximum atomic E-state index is 13.7. The molecule has 1 aromatic rings. The van der Waals surface area contributed by atoms with E-state index in [-0.39, 0.29) is 29.5 Å². The Morgan fingerprint density at radius 1 is 1.48 bits per heavy atom. The van der Waals surface area contributed by atoms with Gasteiger partial charge in [-0.05, 0) is 37.5 Å². The summed E-state index contributed by atoms with van der Waals surface area (Å²) < 4.78 is 26.9. The van der Waals surface area contributed by atoms with Crippen molar-refractivity contribution in [3.8, 4) is 0 Å². The van der Waals surface area contributed by atoms with Gasteiger partial charge in [-0.25, -0.2) is 8.78 Å². The molecule has 0 saturated heterocycles. The second-order valence-electron chi connectivity index (χ2n) is 5.90. The lowest BCUT2D eigenvalue weighted by atomic mass is 10.0. The number of nitrogens with zero attached hydrogens (tertiary/aromatic N) is 1. The van der Waals surface area contributed by atoms with Crippen LogP contribution >= 0.6 is 0 Å². The number of aliphatic hydroxyl groups is 1. The number of carbonyl (C=O) groups excluding carboxylic acids is 1. The molecule has 0 bridgehead atoms. The minimum atomic E-state index is -0.855. The van der Waals surface area contributed by atoms with Crippen LogP contribution in [0.15, 0.2) is 23.4 Å². The standard InChI is InChI=1S/C16H20F2N2O3/c1-9(5-10(2)21)8-19-16(22)15-7-14(20-23-15)12-6-11(17)3-4-13(12)18/h3-4,6,9-10,15,21H,5,7-8H2,1-2H3,(H,19,22). The van der Waals surface area contributed by atoms with Gasteiger partial charge >= 0.3 is 0 Å². The minimum Gasteiger partial charge on any atom is -0.393 e. The SMILES string of the molecule is CC(O)CC(C)CNC(=O)C1CC(c2cc(F)ccc2F)=NO1. The Kier molecular flexibility index (Phi) is 5.65. The van der Waals surface area contributed by atoms with Crippen LogP contribution in [0, 0.1) is 17.6 Å². The van der Waals surface area contributed by atoms with Crippen LogP contribution < -0.4 is 5.32 Å². The van der Waals surface area contributed by atoms with E-state index >= 15 is 0 Å². The first-order valence-electron chi connectivity index (χ1n) is 7.50. The number of amides is 1. The minimum absolute atomic E-state index is 0.00257. The molecule has 1 aliphatic heterocycles. The number of halogens is 2. The summed E-state index contributed by atoms with van der Waals surface area (Å²) in [5.41, 5.74) is 0.210. The largest absolute Gasteiger partial charge is 0.393 e. The lowest BCUT2D eigenvalue weighted by Gasteiger charge is -2.15. The van der Waals surface area contributed by atoms with Gasteiger partial charge in [-0.2, -0.15) is 0 Å². The molecule has 1 amide bonds. The first kappa shape index (κ1) is 17.3. The molecule has 126 valence electrons. The van der Waals surface area contributed by atoms with Crippen molar-refractivity contribution in [2.24, 2.45) is 11.1 Å². The Labute approximate surface area is 133 Å². The van der Waals surface area contributed by atoms with Crippen molar-refractivity contribution in [2.45, 2.75) is 38.9 Å². The summed E-state index contributed by atoms with van der Waals surface area (Å²) in [5, 5.41) is 15.7. The number of hydrogen-bond donors (Lipinski definition) is 2. The van der Waals surface area contributed by atoms with Crippen LogP contribution in [-0.4, -0.2) is 35.5 Å². The Balaban J connectivity index is 1.89. The Hall–Kier alpha value is -2.02.